The number of hydrogen-bond acceptors (Lipinski definition) is 8. The Morgan fingerprint density at radius 3 is 2.83 bits per heavy atom. The number of nitrogens with zero attached hydrogens (tertiary/aromatic N) is 5. The van der Waals surface area contributed by atoms with Crippen LogP contribution in [0.1, 0.15) is 18.4 Å². The normalized spacial score (nSPS) is 20.1. The van der Waals surface area contributed by atoms with Gasteiger partial charge in [-0.1, -0.05) is 23.0 Å². The maximum Gasteiger partial charge on any atom is 0.295 e. The van der Waals surface area contributed by atoms with Crippen LogP contribution in [0.3, 0.4) is 0 Å². The molecule has 2 saturated heterocycles. The molecule has 2 aliphatic rings. The molecule has 1 aromatic carbocycles. The van der Waals surface area contributed by atoms with E-state index in [1.54, 1.807) is 19.1 Å². The van der Waals surface area contributed by atoms with Crippen LogP contribution < -0.4 is 10.5 Å². The second kappa shape index (κ2) is 7.12. The van der Waals surface area contributed by atoms with Crippen molar-refractivity contribution in [3.05, 3.63) is 40.2 Å². The highest BCUT2D eigenvalue weighted by atomic mass is 32.2. The molecule has 1 N–H and O–H groups in total. The zero-order valence-electron chi connectivity index (χ0n) is 16.4. The molecule has 5 rings (SSSR count). The molecule has 2 fully saturated rings. The van der Waals surface area contributed by atoms with Gasteiger partial charge in [0.25, 0.3) is 15.7 Å². The van der Waals surface area contributed by atoms with Crippen molar-refractivity contribution >= 4 is 31.5 Å². The average Bonchev–Trinajstić information content (AvgIpc) is 3.33. The van der Waals surface area contributed by atoms with E-state index in [1.165, 1.54) is 40.8 Å². The van der Waals surface area contributed by atoms with Gasteiger partial charge in [0, 0.05) is 37.3 Å². The van der Waals surface area contributed by atoms with Crippen LogP contribution in [0.5, 0.6) is 0 Å². The predicted molar refractivity (Wildman–Crippen MR) is 114 cm³/mol. The molecule has 3 aromatic rings. The van der Waals surface area contributed by atoms with E-state index in [-0.39, 0.29) is 21.7 Å². The largest absolute Gasteiger partial charge is 0.344 e. The molecule has 0 amide bonds. The van der Waals surface area contributed by atoms with Gasteiger partial charge < -0.3 is 4.90 Å². The van der Waals surface area contributed by atoms with Crippen molar-refractivity contribution < 1.29 is 13.0 Å². The van der Waals surface area contributed by atoms with Crippen molar-refractivity contribution in [3.8, 4) is 11.3 Å². The third kappa shape index (κ3) is 3.41. The summed E-state index contributed by atoms with van der Waals surface area (Å²) >= 11 is 1.31. The Balaban J connectivity index is 1.57. The fourth-order valence-electron chi connectivity index (χ4n) is 4.30. The Morgan fingerprint density at radius 2 is 2.03 bits per heavy atom. The molecule has 0 bridgehead atoms. The molecule has 0 aliphatic carbocycles. The van der Waals surface area contributed by atoms with Gasteiger partial charge in [-0.2, -0.15) is 12.9 Å². The Hall–Kier alpha value is -2.34. The minimum Gasteiger partial charge on any atom is -0.344 e. The van der Waals surface area contributed by atoms with Crippen LogP contribution in [-0.4, -0.2) is 64.7 Å². The van der Waals surface area contributed by atoms with Gasteiger partial charge >= 0.3 is 0 Å². The lowest BCUT2D eigenvalue weighted by molar-refractivity contribution is 0.230. The van der Waals surface area contributed by atoms with Gasteiger partial charge in [0.2, 0.25) is 10.1 Å². The molecule has 9 nitrogen and oxygen atoms in total. The van der Waals surface area contributed by atoms with Gasteiger partial charge in [0.15, 0.2) is 0 Å². The monoisotopic (exact) mass is 447 g/mol. The molecule has 30 heavy (non-hydrogen) atoms. The summed E-state index contributed by atoms with van der Waals surface area (Å²) in [7, 11) is -4.46. The molecule has 11 heteroatoms. The van der Waals surface area contributed by atoms with Gasteiger partial charge in [-0.3, -0.25) is 14.2 Å². The number of anilines is 1. The molecule has 0 unspecified atom stereocenters. The van der Waals surface area contributed by atoms with Crippen molar-refractivity contribution in [2.75, 3.05) is 31.1 Å². The van der Waals surface area contributed by atoms with E-state index in [0.29, 0.717) is 11.0 Å². The molecule has 2 aromatic heterocycles. The van der Waals surface area contributed by atoms with Crippen molar-refractivity contribution in [3.63, 3.8) is 0 Å². The molecule has 158 valence electrons. The number of benzene rings is 1. The van der Waals surface area contributed by atoms with E-state index < -0.39 is 10.1 Å². The second-order valence-corrected chi connectivity index (χ2v) is 10.1. The number of fused-ring (bicyclic) bond motifs is 2. The summed E-state index contributed by atoms with van der Waals surface area (Å²) in [4.78, 5) is 22.1. The Bertz CT molecular complexity index is 1300. The van der Waals surface area contributed by atoms with E-state index >= 15 is 0 Å². The van der Waals surface area contributed by atoms with E-state index in [2.05, 4.69) is 19.9 Å². The quantitative estimate of drug-likeness (QED) is 0.604. The second-order valence-electron chi connectivity index (χ2n) is 7.81. The van der Waals surface area contributed by atoms with E-state index in [0.717, 1.165) is 36.9 Å². The molecule has 0 radical (unpaired) electrons. The highest BCUT2D eigenvalue weighted by Crippen LogP contribution is 2.30. The van der Waals surface area contributed by atoms with Crippen LogP contribution in [-0.2, 0) is 10.1 Å². The van der Waals surface area contributed by atoms with Gasteiger partial charge in [-0.15, -0.1) is 5.10 Å². The number of hydrogen-bond donors (Lipinski definition) is 1. The number of rotatable bonds is 3. The lowest BCUT2D eigenvalue weighted by atomic mass is 10.1. The van der Waals surface area contributed by atoms with Crippen LogP contribution in [0, 0.1) is 6.92 Å². The molecular weight excluding hydrogens is 426 g/mol. The number of aromatic nitrogens is 3. The zero-order chi connectivity index (χ0) is 21.0. The first kappa shape index (κ1) is 19.6. The maximum atomic E-state index is 12.7. The van der Waals surface area contributed by atoms with Crippen LogP contribution in [0.25, 0.3) is 16.2 Å². The molecular formula is C19H21N5O4S2. The highest BCUT2D eigenvalue weighted by molar-refractivity contribution is 7.86. The fraction of sp³-hybridized carbons (Fsp3) is 0.421. The minimum absolute atomic E-state index is 0.201. The average molecular weight is 448 g/mol. The van der Waals surface area contributed by atoms with Crippen LogP contribution in [0.2, 0.25) is 0 Å². The first-order valence-electron chi connectivity index (χ1n) is 9.78. The maximum absolute atomic E-state index is 12.7. The van der Waals surface area contributed by atoms with Crippen LogP contribution in [0.4, 0.5) is 5.13 Å². The van der Waals surface area contributed by atoms with Crippen molar-refractivity contribution in [1.82, 2.24) is 19.5 Å². The zero-order valence-corrected chi connectivity index (χ0v) is 18.0. The van der Waals surface area contributed by atoms with Crippen LogP contribution >= 0.6 is 11.3 Å². The molecule has 4 heterocycles. The fourth-order valence-corrected chi connectivity index (χ4v) is 5.92. The SMILES string of the molecule is Cc1ccc(S(=O)(=O)O)c(-c2cc(=O)n3nc(N4CCN5CCC[C@H]5C4)sc3n2)c1. The summed E-state index contributed by atoms with van der Waals surface area (Å²) in [5.41, 5.74) is 0.803. The molecule has 0 spiro atoms. The van der Waals surface area contributed by atoms with Gasteiger partial charge in [0.05, 0.1) is 5.69 Å². The predicted octanol–water partition coefficient (Wildman–Crippen LogP) is 1.66. The topological polar surface area (TPSA) is 108 Å². The summed E-state index contributed by atoms with van der Waals surface area (Å²) in [6.45, 7) is 5.66. The summed E-state index contributed by atoms with van der Waals surface area (Å²) in [6, 6.07) is 6.29. The Morgan fingerprint density at radius 1 is 1.20 bits per heavy atom. The van der Waals surface area contributed by atoms with E-state index in [9.17, 15) is 17.8 Å². The first-order valence-corrected chi connectivity index (χ1v) is 12.0. The summed E-state index contributed by atoms with van der Waals surface area (Å²) < 4.78 is 34.5. The Kier molecular flexibility index (Phi) is 4.65. The molecule has 0 saturated carbocycles. The minimum atomic E-state index is -4.46. The lowest BCUT2D eigenvalue weighted by Crippen LogP contribution is -2.50. The van der Waals surface area contributed by atoms with Crippen LogP contribution in [0.15, 0.2) is 34.0 Å². The summed E-state index contributed by atoms with van der Waals surface area (Å²) in [5, 5.41) is 5.21. The Labute approximate surface area is 177 Å². The van der Waals surface area contributed by atoms with Gasteiger partial charge in [-0.25, -0.2) is 4.98 Å². The van der Waals surface area contributed by atoms with E-state index in [4.69, 9.17) is 0 Å². The summed E-state index contributed by atoms with van der Waals surface area (Å²) in [6.07, 6.45) is 2.39. The van der Waals surface area contributed by atoms with Crippen molar-refractivity contribution in [2.24, 2.45) is 0 Å². The molecule has 1 atom stereocenters. The lowest BCUT2D eigenvalue weighted by Gasteiger charge is -2.37. The van der Waals surface area contributed by atoms with Gasteiger partial charge in [-0.05, 0) is 38.4 Å². The first-order chi connectivity index (χ1) is 14.3. The van der Waals surface area contributed by atoms with E-state index in [1.807, 2.05) is 0 Å². The smallest absolute Gasteiger partial charge is 0.295 e. The van der Waals surface area contributed by atoms with Crippen molar-refractivity contribution in [1.29, 1.82) is 0 Å². The summed E-state index contributed by atoms with van der Waals surface area (Å²) in [5.74, 6) is 0. The third-order valence-corrected chi connectivity index (χ3v) is 7.66. The van der Waals surface area contributed by atoms with Gasteiger partial charge in [0.1, 0.15) is 4.90 Å². The standard InChI is InChI=1S/C19H21N5O4S2/c1-12-4-5-16(30(26,27)28)14(9-12)15-10-17(25)24-18(20-15)29-19(21-24)23-8-7-22-6-2-3-13(22)11-23/h4-5,9-10,13H,2-3,6-8,11H2,1H3,(H,26,27,28)/t13-/m0/s1. The molecule has 2 aliphatic heterocycles. The number of piperazine rings is 1. The third-order valence-electron chi connectivity index (χ3n) is 5.78. The number of aryl methyl sites for hydroxylation is 1. The van der Waals surface area contributed by atoms with Crippen molar-refractivity contribution in [2.45, 2.75) is 30.7 Å². The highest BCUT2D eigenvalue weighted by Gasteiger charge is 2.32.